The number of ether oxygens (including phenoxy) is 1. The molecular weight excluding hydrogens is 749 g/mol. The molecule has 0 aliphatic carbocycles. The maximum Gasteiger partial charge on any atom is 0.490 e. The maximum absolute atomic E-state index is 13.5. The van der Waals surface area contributed by atoms with Gasteiger partial charge in [0, 0.05) is 37.1 Å². The van der Waals surface area contributed by atoms with E-state index in [4.69, 9.17) is 36.1 Å². The molecule has 12 nitrogen and oxygen atoms in total. The number of phenols is 1. The topological polar surface area (TPSA) is 178 Å². The van der Waals surface area contributed by atoms with Crippen molar-refractivity contribution in [3.8, 4) is 11.5 Å². The number of amides is 2. The number of anilines is 1. The molecule has 0 saturated heterocycles. The zero-order chi connectivity index (χ0) is 40.4. The second-order valence-electron chi connectivity index (χ2n) is 11.5. The first kappa shape index (κ1) is 46.7. The van der Waals surface area contributed by atoms with E-state index in [2.05, 4.69) is 29.8 Å². The minimum Gasteiger partial charge on any atom is -0.506 e. The van der Waals surface area contributed by atoms with Gasteiger partial charge in [-0.15, -0.1) is 0 Å². The summed E-state index contributed by atoms with van der Waals surface area (Å²) in [7, 11) is 0. The number of nitrogens with zero attached hydrogens (tertiary/aromatic N) is 1. The first-order valence-corrected chi connectivity index (χ1v) is 16.6. The molecule has 1 heterocycles. The second kappa shape index (κ2) is 22.7. The molecule has 2 amide bonds. The quantitative estimate of drug-likeness (QED) is 0.0719. The largest absolute Gasteiger partial charge is 0.506 e. The molecule has 1 aliphatic heterocycles. The fourth-order valence-corrected chi connectivity index (χ4v) is 4.90. The molecule has 0 radical (unpaired) electrons. The summed E-state index contributed by atoms with van der Waals surface area (Å²) in [5.74, 6) is -5.55. The van der Waals surface area contributed by atoms with Crippen molar-refractivity contribution in [2.75, 3.05) is 44.6 Å². The van der Waals surface area contributed by atoms with Crippen molar-refractivity contribution in [3.05, 3.63) is 52.3 Å². The lowest BCUT2D eigenvalue weighted by Crippen LogP contribution is -2.43. The number of rotatable bonds is 16. The number of carbonyl (C=O) groups excluding carboxylic acids is 2. The van der Waals surface area contributed by atoms with Crippen molar-refractivity contribution in [2.24, 2.45) is 0 Å². The summed E-state index contributed by atoms with van der Waals surface area (Å²) in [5.41, 5.74) is 2.04. The molecule has 53 heavy (non-hydrogen) atoms. The second-order valence-corrected chi connectivity index (χ2v) is 11.9. The molecule has 0 saturated carbocycles. The molecule has 0 bridgehead atoms. The van der Waals surface area contributed by atoms with Crippen LogP contribution in [0.1, 0.15) is 50.7 Å². The number of nitrogens with one attached hydrogen (secondary N) is 3. The Bertz CT molecular complexity index is 1470. The lowest BCUT2D eigenvalue weighted by molar-refractivity contribution is -0.193. The maximum atomic E-state index is 13.5. The number of carboxylic acid groups (broad SMARTS) is 2. The molecule has 0 fully saturated rings. The van der Waals surface area contributed by atoms with Crippen LogP contribution in [0.3, 0.4) is 0 Å². The normalized spacial score (nSPS) is 12.8. The van der Waals surface area contributed by atoms with E-state index in [0.717, 1.165) is 30.4 Å². The van der Waals surface area contributed by atoms with Gasteiger partial charge in [0.2, 0.25) is 5.91 Å². The SMILES string of the molecule is CCCC[C@@H](C)N(CCNCCc1ccc(O)c2c1OCC(=O)N2)C(=O)CCNCCc1cc(F)cc(Cl)c1.O=C(O)C(F)(F)F.O=C(O)C(F)(F)F. The van der Waals surface area contributed by atoms with Crippen LogP contribution >= 0.6 is 11.6 Å². The summed E-state index contributed by atoms with van der Waals surface area (Å²) in [6.07, 6.45) is -5.39. The molecule has 1 atom stereocenters. The van der Waals surface area contributed by atoms with Crippen LogP contribution in [0.15, 0.2) is 30.3 Å². The van der Waals surface area contributed by atoms with E-state index in [1.165, 1.54) is 12.1 Å². The molecule has 0 unspecified atom stereocenters. The standard InChI is InChI=1S/C29H40ClFN4O4.2C2HF3O2/c1-3-4-5-20(2)35(27(38)10-13-32-11-8-21-16-23(30)18-24(31)17-21)15-14-33-12-9-22-6-7-25(36)28-29(22)39-19-26(37)34-28;2*3-2(4,5)1(6)7/h6-7,16-18,20,32-33,36H,3-5,8-15,19H2,1-2H3,(H,34,37);2*(H,6,7)/t20-;;/m1../s1. The van der Waals surface area contributed by atoms with Gasteiger partial charge in [-0.25, -0.2) is 14.0 Å². The van der Waals surface area contributed by atoms with E-state index in [1.54, 1.807) is 18.2 Å². The van der Waals surface area contributed by atoms with Crippen LogP contribution in [0.2, 0.25) is 5.02 Å². The number of benzene rings is 2. The lowest BCUT2D eigenvalue weighted by Gasteiger charge is -2.30. The lowest BCUT2D eigenvalue weighted by atomic mass is 10.1. The molecule has 2 aromatic rings. The number of hydrogen-bond acceptors (Lipinski definition) is 8. The third-order valence-corrected chi connectivity index (χ3v) is 7.49. The van der Waals surface area contributed by atoms with Gasteiger partial charge in [-0.2, -0.15) is 26.3 Å². The number of phenolic OH excluding ortho intramolecular Hbond substituents is 1. The van der Waals surface area contributed by atoms with Crippen LogP contribution in [0.5, 0.6) is 11.5 Å². The van der Waals surface area contributed by atoms with Gasteiger partial charge in [0.05, 0.1) is 0 Å². The highest BCUT2D eigenvalue weighted by molar-refractivity contribution is 6.30. The van der Waals surface area contributed by atoms with Crippen LogP contribution in [0.25, 0.3) is 0 Å². The predicted octanol–water partition coefficient (Wildman–Crippen LogP) is 5.54. The highest BCUT2D eigenvalue weighted by Crippen LogP contribution is 2.39. The molecule has 298 valence electrons. The van der Waals surface area contributed by atoms with Gasteiger partial charge in [0.15, 0.2) is 12.4 Å². The Morgan fingerprint density at radius 1 is 0.962 bits per heavy atom. The predicted molar refractivity (Wildman–Crippen MR) is 179 cm³/mol. The van der Waals surface area contributed by atoms with Crippen molar-refractivity contribution in [1.82, 2.24) is 15.5 Å². The van der Waals surface area contributed by atoms with Gasteiger partial charge >= 0.3 is 24.3 Å². The summed E-state index contributed by atoms with van der Waals surface area (Å²) in [6.45, 7) is 7.27. The zero-order valence-corrected chi connectivity index (χ0v) is 29.6. The molecule has 0 aromatic heterocycles. The van der Waals surface area contributed by atoms with Crippen molar-refractivity contribution in [3.63, 3.8) is 0 Å². The van der Waals surface area contributed by atoms with E-state index in [0.29, 0.717) is 68.4 Å². The minimum absolute atomic E-state index is 0.0159. The van der Waals surface area contributed by atoms with Gasteiger partial charge in [-0.3, -0.25) is 9.59 Å². The van der Waals surface area contributed by atoms with Crippen LogP contribution in [0.4, 0.5) is 36.4 Å². The van der Waals surface area contributed by atoms with Crippen molar-refractivity contribution in [1.29, 1.82) is 0 Å². The monoisotopic (exact) mass is 790 g/mol. The molecule has 0 spiro atoms. The highest BCUT2D eigenvalue weighted by atomic mass is 35.5. The van der Waals surface area contributed by atoms with Crippen LogP contribution < -0.4 is 20.7 Å². The molecule has 1 aliphatic rings. The summed E-state index contributed by atoms with van der Waals surface area (Å²) in [5, 5.41) is 34.0. The van der Waals surface area contributed by atoms with E-state index >= 15 is 0 Å². The first-order chi connectivity index (χ1) is 24.7. The number of carbonyl (C=O) groups is 4. The smallest absolute Gasteiger partial charge is 0.490 e. The van der Waals surface area contributed by atoms with E-state index < -0.39 is 24.3 Å². The summed E-state index contributed by atoms with van der Waals surface area (Å²) < 4.78 is 82.5. The number of fused-ring (bicyclic) bond motifs is 1. The Morgan fingerprint density at radius 3 is 2.11 bits per heavy atom. The zero-order valence-electron chi connectivity index (χ0n) is 28.8. The van der Waals surface area contributed by atoms with Crippen LogP contribution in [0, 0.1) is 5.82 Å². The van der Waals surface area contributed by atoms with Gasteiger partial charge in [0.25, 0.3) is 5.91 Å². The first-order valence-electron chi connectivity index (χ1n) is 16.2. The molecule has 20 heteroatoms. The Morgan fingerprint density at radius 2 is 1.55 bits per heavy atom. The van der Waals surface area contributed by atoms with Crippen molar-refractivity contribution < 1.29 is 70.0 Å². The van der Waals surface area contributed by atoms with E-state index in [1.807, 2.05) is 4.90 Å². The Balaban J connectivity index is 0.000000845. The summed E-state index contributed by atoms with van der Waals surface area (Å²) in [4.78, 5) is 44.4. The van der Waals surface area contributed by atoms with Gasteiger partial charge in [0.1, 0.15) is 17.3 Å². The van der Waals surface area contributed by atoms with Gasteiger partial charge in [-0.05, 0) is 74.7 Å². The average Bonchev–Trinajstić information content (AvgIpc) is 3.05. The van der Waals surface area contributed by atoms with Crippen LogP contribution in [-0.2, 0) is 32.0 Å². The number of hydrogen-bond donors (Lipinski definition) is 6. The fourth-order valence-electron chi connectivity index (χ4n) is 4.66. The molecule has 3 rings (SSSR count). The average molecular weight is 791 g/mol. The Labute approximate surface area is 305 Å². The number of alkyl halides is 6. The number of unbranched alkanes of at least 4 members (excludes halogenated alkanes) is 1. The van der Waals surface area contributed by atoms with Crippen LogP contribution in [-0.4, -0.2) is 102 Å². The van der Waals surface area contributed by atoms with Crippen molar-refractivity contribution >= 4 is 41.0 Å². The summed E-state index contributed by atoms with van der Waals surface area (Å²) in [6, 6.07) is 8.02. The number of carboxylic acids is 2. The number of aliphatic carboxylic acids is 2. The van der Waals surface area contributed by atoms with E-state index in [-0.39, 0.29) is 36.0 Å². The van der Waals surface area contributed by atoms with Gasteiger partial charge < -0.3 is 40.9 Å². The minimum atomic E-state index is -5.08. The third kappa shape index (κ3) is 18.3. The third-order valence-electron chi connectivity index (χ3n) is 7.27. The summed E-state index contributed by atoms with van der Waals surface area (Å²) >= 11 is 5.92. The highest BCUT2D eigenvalue weighted by Gasteiger charge is 2.39. The molecule has 2 aromatic carbocycles. The Hall–Kier alpha value is -4.36. The van der Waals surface area contributed by atoms with E-state index in [9.17, 15) is 45.4 Å². The molecule has 6 N–H and O–H groups in total. The molecular formula is C33H42ClF7N4O8. The Kier molecular flexibility index (Phi) is 19.9. The van der Waals surface area contributed by atoms with Crippen molar-refractivity contribution in [2.45, 2.75) is 70.8 Å². The number of aromatic hydroxyl groups is 1. The number of halogens is 8. The van der Waals surface area contributed by atoms with Gasteiger partial charge in [-0.1, -0.05) is 37.4 Å². The fraction of sp³-hybridized carbons (Fsp3) is 0.515.